The monoisotopic (exact) mass is 683 g/mol. The van der Waals surface area contributed by atoms with E-state index in [9.17, 15) is 18.3 Å². The molecule has 0 heterocycles. The number of aryl methyl sites for hydroxylation is 1. The number of esters is 1. The maximum absolute atomic E-state index is 14.1. The number of benzene rings is 5. The molecule has 0 spiro atoms. The van der Waals surface area contributed by atoms with E-state index < -0.39 is 21.9 Å². The molecule has 1 atom stereocenters. The Bertz CT molecular complexity index is 1930. The lowest BCUT2D eigenvalue weighted by Gasteiger charge is -2.25. The Morgan fingerprint density at radius 3 is 2.15 bits per heavy atom. The standard InChI is InChI=1S/C39H38ClNO6S/c1-28-22-35(39(43)46-2)38(47-27-31-12-7-4-8-13-31)37(23-28)48(44,45)34-18-16-29(17-19-34)20-21-41(25-30-10-5-3-6-11-30)26-36(42)32-14-9-15-33(40)24-32/h3-19,22-24,36,42H,20-21,25-27H2,1-2H3/t36-/m1/s1. The SMILES string of the molecule is COC(=O)c1cc(C)cc(S(=O)(=O)c2ccc(CCN(Cc3ccccc3)C[C@@H](O)c3cccc(Cl)c3)cc2)c1OCc1ccccc1. The van der Waals surface area contributed by atoms with E-state index in [0.717, 1.165) is 22.3 Å². The number of carbonyl (C=O) groups is 1. The van der Waals surface area contributed by atoms with Crippen LogP contribution in [-0.2, 0) is 34.1 Å². The minimum atomic E-state index is -4.09. The third-order valence-corrected chi connectivity index (χ3v) is 9.99. The Morgan fingerprint density at radius 2 is 1.50 bits per heavy atom. The number of methoxy groups -OCH3 is 1. The molecular formula is C39H38ClNO6S. The molecule has 0 unspecified atom stereocenters. The van der Waals surface area contributed by atoms with Gasteiger partial charge in [-0.3, -0.25) is 4.90 Å². The molecule has 0 bridgehead atoms. The molecule has 0 fully saturated rings. The molecule has 0 saturated carbocycles. The van der Waals surface area contributed by atoms with Crippen LogP contribution in [0.1, 0.15) is 44.3 Å². The minimum absolute atomic E-state index is 0.0436. The third-order valence-electron chi connectivity index (χ3n) is 7.98. The molecule has 5 rings (SSSR count). The van der Waals surface area contributed by atoms with Gasteiger partial charge in [-0.1, -0.05) is 96.5 Å². The first-order valence-corrected chi connectivity index (χ1v) is 17.4. The van der Waals surface area contributed by atoms with Gasteiger partial charge in [0.1, 0.15) is 17.1 Å². The van der Waals surface area contributed by atoms with Gasteiger partial charge < -0.3 is 14.6 Å². The zero-order valence-corrected chi connectivity index (χ0v) is 28.5. The van der Waals surface area contributed by atoms with Crippen molar-refractivity contribution < 1.29 is 27.8 Å². The quantitative estimate of drug-likeness (QED) is 0.120. The average molecular weight is 684 g/mol. The molecule has 0 aliphatic rings. The number of aliphatic hydroxyl groups is 1. The molecule has 0 aliphatic heterocycles. The molecular weight excluding hydrogens is 646 g/mol. The number of carbonyl (C=O) groups excluding carboxylic acids is 1. The number of hydrogen-bond acceptors (Lipinski definition) is 7. The fourth-order valence-electron chi connectivity index (χ4n) is 5.47. The van der Waals surface area contributed by atoms with E-state index in [1.165, 1.54) is 13.2 Å². The van der Waals surface area contributed by atoms with E-state index >= 15 is 0 Å². The van der Waals surface area contributed by atoms with Gasteiger partial charge in [-0.05, 0) is 77.6 Å². The summed E-state index contributed by atoms with van der Waals surface area (Å²) in [4.78, 5) is 14.9. The van der Waals surface area contributed by atoms with Crippen LogP contribution in [0.3, 0.4) is 0 Å². The Labute approximate surface area is 287 Å². The second kappa shape index (κ2) is 16.1. The van der Waals surface area contributed by atoms with Crippen molar-refractivity contribution in [2.75, 3.05) is 20.2 Å². The summed E-state index contributed by atoms with van der Waals surface area (Å²) in [5, 5.41) is 11.6. The normalized spacial score (nSPS) is 12.1. The van der Waals surface area contributed by atoms with Gasteiger partial charge in [-0.2, -0.15) is 0 Å². The van der Waals surface area contributed by atoms with E-state index in [1.807, 2.05) is 72.8 Å². The lowest BCUT2D eigenvalue weighted by atomic mass is 10.1. The van der Waals surface area contributed by atoms with E-state index in [2.05, 4.69) is 4.90 Å². The summed E-state index contributed by atoms with van der Waals surface area (Å²) in [6.45, 7) is 3.44. The summed E-state index contributed by atoms with van der Waals surface area (Å²) < 4.78 is 39.1. The molecule has 0 aliphatic carbocycles. The van der Waals surface area contributed by atoms with Gasteiger partial charge in [0.05, 0.1) is 18.1 Å². The van der Waals surface area contributed by atoms with Gasteiger partial charge in [-0.15, -0.1) is 0 Å². The molecule has 9 heteroatoms. The lowest BCUT2D eigenvalue weighted by molar-refractivity contribution is 0.0594. The highest BCUT2D eigenvalue weighted by molar-refractivity contribution is 7.91. The molecule has 48 heavy (non-hydrogen) atoms. The van der Waals surface area contributed by atoms with Gasteiger partial charge >= 0.3 is 5.97 Å². The predicted molar refractivity (Wildman–Crippen MR) is 187 cm³/mol. The number of halogens is 1. The second-order valence-electron chi connectivity index (χ2n) is 11.6. The molecule has 7 nitrogen and oxygen atoms in total. The molecule has 1 N–H and O–H groups in total. The summed E-state index contributed by atoms with van der Waals surface area (Å²) >= 11 is 6.17. The maximum Gasteiger partial charge on any atom is 0.341 e. The van der Waals surface area contributed by atoms with Crippen molar-refractivity contribution in [3.05, 3.63) is 160 Å². The first kappa shape index (κ1) is 34.9. The van der Waals surface area contributed by atoms with Crippen LogP contribution in [0.2, 0.25) is 5.02 Å². The van der Waals surface area contributed by atoms with Crippen molar-refractivity contribution in [3.63, 3.8) is 0 Å². The van der Waals surface area contributed by atoms with Crippen LogP contribution in [0.15, 0.2) is 131 Å². The topological polar surface area (TPSA) is 93.1 Å². The average Bonchev–Trinajstić information content (AvgIpc) is 3.10. The fraction of sp³-hybridized carbons (Fsp3) is 0.205. The summed E-state index contributed by atoms with van der Waals surface area (Å²) in [6.07, 6.45) is -0.111. The summed E-state index contributed by atoms with van der Waals surface area (Å²) in [7, 11) is -2.84. The summed E-state index contributed by atoms with van der Waals surface area (Å²) in [6, 6.07) is 36.4. The Balaban J connectivity index is 1.37. The van der Waals surface area contributed by atoms with Crippen molar-refractivity contribution in [2.45, 2.75) is 42.4 Å². The van der Waals surface area contributed by atoms with Crippen LogP contribution in [0.5, 0.6) is 5.75 Å². The van der Waals surface area contributed by atoms with Crippen LogP contribution in [0.25, 0.3) is 0 Å². The number of sulfone groups is 1. The van der Waals surface area contributed by atoms with Crippen LogP contribution >= 0.6 is 11.6 Å². The van der Waals surface area contributed by atoms with E-state index in [4.69, 9.17) is 21.1 Å². The van der Waals surface area contributed by atoms with Crippen LogP contribution in [0, 0.1) is 6.92 Å². The summed E-state index contributed by atoms with van der Waals surface area (Å²) in [5.41, 5.74) is 4.24. The smallest absolute Gasteiger partial charge is 0.341 e. The number of nitrogens with zero attached hydrogens (tertiary/aromatic N) is 1. The highest BCUT2D eigenvalue weighted by Crippen LogP contribution is 2.35. The predicted octanol–water partition coefficient (Wildman–Crippen LogP) is 7.63. The van der Waals surface area contributed by atoms with Gasteiger partial charge in [-0.25, -0.2) is 13.2 Å². The molecule has 0 saturated heterocycles. The third kappa shape index (κ3) is 8.90. The largest absolute Gasteiger partial charge is 0.487 e. The van der Waals surface area contributed by atoms with Crippen LogP contribution < -0.4 is 4.74 Å². The Kier molecular flexibility index (Phi) is 11.7. The Hall–Kier alpha value is -4.47. The molecule has 0 amide bonds. The molecule has 5 aromatic rings. The van der Waals surface area contributed by atoms with Crippen LogP contribution in [-0.4, -0.2) is 44.6 Å². The van der Waals surface area contributed by atoms with Crippen molar-refractivity contribution >= 4 is 27.4 Å². The second-order valence-corrected chi connectivity index (χ2v) is 13.9. The van der Waals surface area contributed by atoms with Crippen LogP contribution in [0.4, 0.5) is 0 Å². The maximum atomic E-state index is 14.1. The van der Waals surface area contributed by atoms with Gasteiger partial charge in [0.2, 0.25) is 9.84 Å². The highest BCUT2D eigenvalue weighted by atomic mass is 35.5. The van der Waals surface area contributed by atoms with E-state index in [0.29, 0.717) is 36.6 Å². The highest BCUT2D eigenvalue weighted by Gasteiger charge is 2.28. The van der Waals surface area contributed by atoms with Crippen molar-refractivity contribution in [1.29, 1.82) is 0 Å². The molecule has 0 radical (unpaired) electrons. The number of aliphatic hydroxyl groups excluding tert-OH is 1. The minimum Gasteiger partial charge on any atom is -0.487 e. The first-order chi connectivity index (χ1) is 23.1. The van der Waals surface area contributed by atoms with Crippen molar-refractivity contribution in [3.8, 4) is 5.75 Å². The summed E-state index contributed by atoms with van der Waals surface area (Å²) in [5.74, 6) is -0.732. The van der Waals surface area contributed by atoms with E-state index in [-0.39, 0.29) is 27.7 Å². The molecule has 5 aromatic carbocycles. The van der Waals surface area contributed by atoms with Crippen molar-refractivity contribution in [1.82, 2.24) is 4.90 Å². The molecule has 248 valence electrons. The zero-order valence-electron chi connectivity index (χ0n) is 26.9. The number of rotatable bonds is 14. The molecule has 0 aromatic heterocycles. The first-order valence-electron chi connectivity index (χ1n) is 15.6. The fourth-order valence-corrected chi connectivity index (χ4v) is 7.17. The van der Waals surface area contributed by atoms with E-state index in [1.54, 1.807) is 49.4 Å². The zero-order chi connectivity index (χ0) is 34.1. The number of ether oxygens (including phenoxy) is 2. The van der Waals surface area contributed by atoms with Gasteiger partial charge in [0, 0.05) is 24.7 Å². The van der Waals surface area contributed by atoms with Gasteiger partial charge in [0.25, 0.3) is 0 Å². The van der Waals surface area contributed by atoms with Crippen molar-refractivity contribution in [2.24, 2.45) is 0 Å². The Morgan fingerprint density at radius 1 is 0.833 bits per heavy atom. The number of hydrogen-bond donors (Lipinski definition) is 1. The van der Waals surface area contributed by atoms with Gasteiger partial charge in [0.15, 0.2) is 5.75 Å². The lowest BCUT2D eigenvalue weighted by Crippen LogP contribution is -2.30.